The van der Waals surface area contributed by atoms with Crippen molar-refractivity contribution in [1.29, 1.82) is 0 Å². The quantitative estimate of drug-likeness (QED) is 0.718. The zero-order valence-corrected chi connectivity index (χ0v) is 12.4. The Morgan fingerprint density at radius 1 is 1.38 bits per heavy atom. The Morgan fingerprint density at radius 2 is 2.29 bits per heavy atom. The van der Waals surface area contributed by atoms with Crippen LogP contribution in [0.1, 0.15) is 17.6 Å². The van der Waals surface area contributed by atoms with E-state index >= 15 is 0 Å². The summed E-state index contributed by atoms with van der Waals surface area (Å²) >= 11 is 1.50. The van der Waals surface area contributed by atoms with Crippen LogP contribution >= 0.6 is 11.3 Å². The van der Waals surface area contributed by atoms with Gasteiger partial charge in [0.05, 0.1) is 24.3 Å². The van der Waals surface area contributed by atoms with Crippen LogP contribution < -0.4 is 4.74 Å². The van der Waals surface area contributed by atoms with Gasteiger partial charge in [0, 0.05) is 16.3 Å². The number of hydrogen-bond donors (Lipinski definition) is 1. The molecule has 0 saturated heterocycles. The molecule has 3 aromatic rings. The number of aliphatic imine (C=N–C) groups is 1. The Balaban J connectivity index is 1.85. The molecule has 5 heteroatoms. The van der Waals surface area contributed by atoms with Crippen LogP contribution in [0, 0.1) is 0 Å². The van der Waals surface area contributed by atoms with Crippen molar-refractivity contribution < 1.29 is 14.3 Å². The van der Waals surface area contributed by atoms with Crippen molar-refractivity contribution in [2.75, 3.05) is 6.61 Å². The molecule has 2 heterocycles. The number of ether oxygens (including phenoxy) is 1. The fourth-order valence-corrected chi connectivity index (χ4v) is 3.02. The maximum absolute atomic E-state index is 10.3. The molecule has 1 N–H and O–H groups in total. The fourth-order valence-electron chi connectivity index (χ4n) is 2.05. The number of rotatable bonds is 5. The number of aromatic hydroxyl groups is 1. The normalized spacial score (nSPS) is 11.5. The van der Waals surface area contributed by atoms with Gasteiger partial charge in [0.1, 0.15) is 17.3 Å². The van der Waals surface area contributed by atoms with Crippen LogP contribution in [0.3, 0.4) is 0 Å². The van der Waals surface area contributed by atoms with E-state index < -0.39 is 0 Å². The molecule has 1 aromatic carbocycles. The van der Waals surface area contributed by atoms with Crippen LogP contribution in [-0.2, 0) is 6.54 Å². The van der Waals surface area contributed by atoms with Gasteiger partial charge >= 0.3 is 0 Å². The van der Waals surface area contributed by atoms with Crippen molar-refractivity contribution in [3.63, 3.8) is 0 Å². The highest BCUT2D eigenvalue weighted by Gasteiger charge is 2.10. The molecule has 0 radical (unpaired) electrons. The van der Waals surface area contributed by atoms with E-state index in [0.29, 0.717) is 13.2 Å². The van der Waals surface area contributed by atoms with Gasteiger partial charge in [-0.2, -0.15) is 0 Å². The third-order valence-electron chi connectivity index (χ3n) is 3.01. The first kappa shape index (κ1) is 13.7. The van der Waals surface area contributed by atoms with Crippen molar-refractivity contribution in [3.05, 3.63) is 47.2 Å². The van der Waals surface area contributed by atoms with Gasteiger partial charge < -0.3 is 14.3 Å². The minimum Gasteiger partial charge on any atom is -0.506 e. The molecular formula is C16H15NO3S. The molecular weight excluding hydrogens is 286 g/mol. The van der Waals surface area contributed by atoms with E-state index in [-0.39, 0.29) is 5.75 Å². The van der Waals surface area contributed by atoms with Crippen LogP contribution in [0.4, 0.5) is 0 Å². The van der Waals surface area contributed by atoms with Gasteiger partial charge in [-0.05, 0) is 37.3 Å². The molecule has 0 aliphatic rings. The van der Waals surface area contributed by atoms with Crippen LogP contribution in [0.2, 0.25) is 0 Å². The van der Waals surface area contributed by atoms with E-state index in [2.05, 4.69) is 4.99 Å². The van der Waals surface area contributed by atoms with Crippen molar-refractivity contribution in [1.82, 2.24) is 0 Å². The van der Waals surface area contributed by atoms with E-state index in [1.807, 2.05) is 37.3 Å². The highest BCUT2D eigenvalue weighted by molar-refractivity contribution is 7.21. The lowest BCUT2D eigenvalue weighted by Gasteiger charge is -2.01. The maximum Gasteiger partial charge on any atom is 0.143 e. The smallest absolute Gasteiger partial charge is 0.143 e. The number of fused-ring (bicyclic) bond motifs is 1. The lowest BCUT2D eigenvalue weighted by atomic mass is 10.2. The molecule has 0 amide bonds. The minimum absolute atomic E-state index is 0.250. The minimum atomic E-state index is 0.250. The number of hydrogen-bond acceptors (Lipinski definition) is 5. The molecule has 0 atom stereocenters. The second-order valence-corrected chi connectivity index (χ2v) is 5.54. The summed E-state index contributed by atoms with van der Waals surface area (Å²) in [6.07, 6.45) is 3.31. The maximum atomic E-state index is 10.3. The van der Waals surface area contributed by atoms with Crippen molar-refractivity contribution in [2.24, 2.45) is 4.99 Å². The first-order valence-electron chi connectivity index (χ1n) is 6.68. The summed E-state index contributed by atoms with van der Waals surface area (Å²) in [5.41, 5.74) is 0. The van der Waals surface area contributed by atoms with E-state index in [4.69, 9.17) is 9.15 Å². The molecule has 2 aromatic heterocycles. The van der Waals surface area contributed by atoms with E-state index in [1.165, 1.54) is 11.3 Å². The third-order valence-corrected chi connectivity index (χ3v) is 4.10. The fraction of sp³-hybridized carbons (Fsp3) is 0.188. The Morgan fingerprint density at radius 3 is 3.05 bits per heavy atom. The third kappa shape index (κ3) is 2.92. The predicted octanol–water partition coefficient (Wildman–Crippen LogP) is 4.22. The summed E-state index contributed by atoms with van der Waals surface area (Å²) in [5, 5.41) is 11.1. The summed E-state index contributed by atoms with van der Waals surface area (Å²) in [7, 11) is 0. The summed E-state index contributed by atoms with van der Waals surface area (Å²) in [6.45, 7) is 3.00. The zero-order chi connectivity index (χ0) is 14.7. The Bertz CT molecular complexity index is 759. The SMILES string of the molecule is CCOc1ccc2sc(C=NCc3ccco3)c(O)c2c1. The lowest BCUT2D eigenvalue weighted by molar-refractivity contribution is 0.340. The van der Waals surface area contributed by atoms with Crippen LogP contribution in [0.25, 0.3) is 10.1 Å². The number of benzene rings is 1. The Kier molecular flexibility index (Phi) is 3.92. The highest BCUT2D eigenvalue weighted by atomic mass is 32.1. The average Bonchev–Trinajstić information content (AvgIpc) is 3.10. The van der Waals surface area contributed by atoms with Gasteiger partial charge in [-0.1, -0.05) is 0 Å². The molecule has 0 fully saturated rings. The summed E-state index contributed by atoms with van der Waals surface area (Å²) in [4.78, 5) is 5.04. The van der Waals surface area contributed by atoms with E-state index in [9.17, 15) is 5.11 Å². The first-order chi connectivity index (χ1) is 10.3. The number of furan rings is 1. The van der Waals surface area contributed by atoms with Gasteiger partial charge in [0.15, 0.2) is 0 Å². The average molecular weight is 301 g/mol. The molecule has 4 nitrogen and oxygen atoms in total. The predicted molar refractivity (Wildman–Crippen MR) is 84.7 cm³/mol. The van der Waals surface area contributed by atoms with Crippen LogP contribution in [0.5, 0.6) is 11.5 Å². The van der Waals surface area contributed by atoms with Gasteiger partial charge in [-0.15, -0.1) is 11.3 Å². The van der Waals surface area contributed by atoms with Gasteiger partial charge in [-0.25, -0.2) is 0 Å². The molecule has 0 bridgehead atoms. The molecule has 0 aliphatic heterocycles. The second-order valence-electron chi connectivity index (χ2n) is 4.46. The van der Waals surface area contributed by atoms with Crippen molar-refractivity contribution in [3.8, 4) is 11.5 Å². The van der Waals surface area contributed by atoms with Gasteiger partial charge in [0.2, 0.25) is 0 Å². The van der Waals surface area contributed by atoms with Crippen LogP contribution in [0.15, 0.2) is 46.0 Å². The zero-order valence-electron chi connectivity index (χ0n) is 11.6. The highest BCUT2D eigenvalue weighted by Crippen LogP contribution is 2.37. The summed E-state index contributed by atoms with van der Waals surface area (Å²) in [5.74, 6) is 1.81. The van der Waals surface area contributed by atoms with Gasteiger partial charge in [0.25, 0.3) is 0 Å². The Labute approximate surface area is 126 Å². The lowest BCUT2D eigenvalue weighted by Crippen LogP contribution is -1.89. The molecule has 0 saturated carbocycles. The summed E-state index contributed by atoms with van der Waals surface area (Å²) < 4.78 is 11.7. The number of thiophene rings is 1. The molecule has 0 aliphatic carbocycles. The standard InChI is InChI=1S/C16H15NO3S/c1-2-19-11-5-6-14-13(8-11)16(18)15(21-14)10-17-9-12-4-3-7-20-12/h3-8,10,18H,2,9H2,1H3. The van der Waals surface area contributed by atoms with Crippen LogP contribution in [-0.4, -0.2) is 17.9 Å². The van der Waals surface area contributed by atoms with E-state index in [0.717, 1.165) is 26.5 Å². The molecule has 0 unspecified atom stereocenters. The van der Waals surface area contributed by atoms with E-state index in [1.54, 1.807) is 12.5 Å². The second kappa shape index (κ2) is 6.01. The summed E-state index contributed by atoms with van der Waals surface area (Å²) in [6, 6.07) is 9.42. The van der Waals surface area contributed by atoms with Crippen molar-refractivity contribution >= 4 is 27.6 Å². The first-order valence-corrected chi connectivity index (χ1v) is 7.50. The topological polar surface area (TPSA) is 55.0 Å². The molecule has 0 spiro atoms. The molecule has 21 heavy (non-hydrogen) atoms. The monoisotopic (exact) mass is 301 g/mol. The molecule has 3 rings (SSSR count). The largest absolute Gasteiger partial charge is 0.506 e. The number of nitrogens with zero attached hydrogens (tertiary/aromatic N) is 1. The van der Waals surface area contributed by atoms with Gasteiger partial charge in [-0.3, -0.25) is 4.99 Å². The van der Waals surface area contributed by atoms with Crippen molar-refractivity contribution in [2.45, 2.75) is 13.5 Å². The molecule has 108 valence electrons. The Hall–Kier alpha value is -2.27.